The van der Waals surface area contributed by atoms with Crippen LogP contribution >= 0.6 is 0 Å². The molecule has 1 aliphatic carbocycles. The SMILES string of the molecule is COCC1CC(NC(=O)C(C)C)C(O)C1O. The number of ether oxygens (including phenoxy) is 1. The van der Waals surface area contributed by atoms with E-state index in [9.17, 15) is 15.0 Å². The third-order valence-corrected chi connectivity index (χ3v) is 3.03. The van der Waals surface area contributed by atoms with Crippen LogP contribution in [0.5, 0.6) is 0 Å². The standard InChI is InChI=1S/C11H21NO4/c1-6(2)11(15)12-8-4-7(5-16-3)9(13)10(8)14/h6-10,13-14H,4-5H2,1-3H3,(H,12,15). The molecule has 94 valence electrons. The summed E-state index contributed by atoms with van der Waals surface area (Å²) >= 11 is 0. The van der Waals surface area contributed by atoms with Gasteiger partial charge in [0.15, 0.2) is 0 Å². The fourth-order valence-corrected chi connectivity index (χ4v) is 2.00. The van der Waals surface area contributed by atoms with Crippen molar-refractivity contribution in [3.63, 3.8) is 0 Å². The summed E-state index contributed by atoms with van der Waals surface area (Å²) in [6, 6.07) is -0.370. The Morgan fingerprint density at radius 3 is 2.56 bits per heavy atom. The maximum absolute atomic E-state index is 11.5. The lowest BCUT2D eigenvalue weighted by molar-refractivity contribution is -0.125. The van der Waals surface area contributed by atoms with Crippen molar-refractivity contribution >= 4 is 5.91 Å². The second kappa shape index (κ2) is 5.61. The molecule has 0 aromatic rings. The molecular weight excluding hydrogens is 210 g/mol. The Kier molecular flexibility index (Phi) is 4.70. The monoisotopic (exact) mass is 231 g/mol. The molecule has 0 radical (unpaired) electrons. The zero-order chi connectivity index (χ0) is 12.3. The van der Waals surface area contributed by atoms with Crippen molar-refractivity contribution in [1.29, 1.82) is 0 Å². The van der Waals surface area contributed by atoms with Gasteiger partial charge in [0.25, 0.3) is 0 Å². The molecule has 5 nitrogen and oxygen atoms in total. The van der Waals surface area contributed by atoms with Crippen LogP contribution in [0, 0.1) is 11.8 Å². The van der Waals surface area contributed by atoms with E-state index in [-0.39, 0.29) is 23.8 Å². The van der Waals surface area contributed by atoms with Gasteiger partial charge in [-0.2, -0.15) is 0 Å². The van der Waals surface area contributed by atoms with Crippen LogP contribution in [-0.4, -0.2) is 48.1 Å². The van der Waals surface area contributed by atoms with Crippen LogP contribution in [0.4, 0.5) is 0 Å². The maximum atomic E-state index is 11.5. The van der Waals surface area contributed by atoms with E-state index in [1.54, 1.807) is 21.0 Å². The van der Waals surface area contributed by atoms with E-state index >= 15 is 0 Å². The van der Waals surface area contributed by atoms with Crippen molar-refractivity contribution in [3.8, 4) is 0 Å². The average molecular weight is 231 g/mol. The normalized spacial score (nSPS) is 34.4. The molecule has 1 rings (SSSR count). The topological polar surface area (TPSA) is 78.8 Å². The van der Waals surface area contributed by atoms with Crippen LogP contribution in [0.15, 0.2) is 0 Å². The fraction of sp³-hybridized carbons (Fsp3) is 0.909. The van der Waals surface area contributed by atoms with Gasteiger partial charge in [0.1, 0.15) is 6.10 Å². The van der Waals surface area contributed by atoms with Gasteiger partial charge in [0.2, 0.25) is 5.91 Å². The zero-order valence-electron chi connectivity index (χ0n) is 10.0. The molecule has 4 unspecified atom stereocenters. The van der Waals surface area contributed by atoms with Gasteiger partial charge in [-0.1, -0.05) is 13.8 Å². The van der Waals surface area contributed by atoms with Crippen molar-refractivity contribution < 1.29 is 19.7 Å². The number of hydrogen-bond acceptors (Lipinski definition) is 4. The van der Waals surface area contributed by atoms with E-state index in [4.69, 9.17) is 4.74 Å². The summed E-state index contributed by atoms with van der Waals surface area (Å²) < 4.78 is 4.96. The summed E-state index contributed by atoms with van der Waals surface area (Å²) in [4.78, 5) is 11.5. The molecule has 0 saturated heterocycles. The van der Waals surface area contributed by atoms with Gasteiger partial charge in [-0.3, -0.25) is 4.79 Å². The van der Waals surface area contributed by atoms with Crippen LogP contribution in [0.3, 0.4) is 0 Å². The molecule has 4 atom stereocenters. The van der Waals surface area contributed by atoms with Crippen molar-refractivity contribution in [1.82, 2.24) is 5.32 Å². The molecular formula is C11H21NO4. The molecule has 1 amide bonds. The Hall–Kier alpha value is -0.650. The van der Waals surface area contributed by atoms with Crippen molar-refractivity contribution in [2.24, 2.45) is 11.8 Å². The quantitative estimate of drug-likeness (QED) is 0.610. The third kappa shape index (κ3) is 2.93. The number of aliphatic hydroxyl groups excluding tert-OH is 2. The number of nitrogens with one attached hydrogen (secondary N) is 1. The Bertz CT molecular complexity index is 244. The van der Waals surface area contributed by atoms with E-state index in [0.717, 1.165) is 0 Å². The van der Waals surface area contributed by atoms with Gasteiger partial charge in [0, 0.05) is 18.9 Å². The number of amides is 1. The molecule has 1 fully saturated rings. The summed E-state index contributed by atoms with van der Waals surface area (Å²) in [7, 11) is 1.55. The molecule has 0 spiro atoms. The van der Waals surface area contributed by atoms with Gasteiger partial charge in [-0.25, -0.2) is 0 Å². The highest BCUT2D eigenvalue weighted by Crippen LogP contribution is 2.27. The Labute approximate surface area is 95.8 Å². The van der Waals surface area contributed by atoms with E-state index < -0.39 is 12.2 Å². The first-order chi connectivity index (χ1) is 7.47. The minimum Gasteiger partial charge on any atom is -0.390 e. The molecule has 0 aromatic carbocycles. The lowest BCUT2D eigenvalue weighted by atomic mass is 10.1. The van der Waals surface area contributed by atoms with Gasteiger partial charge in [-0.15, -0.1) is 0 Å². The van der Waals surface area contributed by atoms with E-state index in [0.29, 0.717) is 13.0 Å². The van der Waals surface area contributed by atoms with E-state index in [1.165, 1.54) is 0 Å². The summed E-state index contributed by atoms with van der Waals surface area (Å²) in [6.07, 6.45) is -1.17. The largest absolute Gasteiger partial charge is 0.390 e. The molecule has 16 heavy (non-hydrogen) atoms. The molecule has 1 saturated carbocycles. The van der Waals surface area contributed by atoms with Gasteiger partial charge < -0.3 is 20.3 Å². The zero-order valence-corrected chi connectivity index (χ0v) is 10.0. The van der Waals surface area contributed by atoms with E-state index in [1.807, 2.05) is 0 Å². The molecule has 0 aromatic heterocycles. The highest BCUT2D eigenvalue weighted by molar-refractivity contribution is 5.78. The predicted octanol–water partition coefficient (Wildman–Crippen LogP) is -0.485. The van der Waals surface area contributed by atoms with E-state index in [2.05, 4.69) is 5.32 Å². The summed E-state index contributed by atoms with van der Waals surface area (Å²) in [5.41, 5.74) is 0. The van der Waals surface area contributed by atoms with Crippen molar-refractivity contribution in [2.75, 3.05) is 13.7 Å². The number of methoxy groups -OCH3 is 1. The number of rotatable bonds is 4. The van der Waals surface area contributed by atoms with Crippen LogP contribution in [0.25, 0.3) is 0 Å². The Balaban J connectivity index is 2.53. The molecule has 5 heteroatoms. The third-order valence-electron chi connectivity index (χ3n) is 3.03. The predicted molar refractivity (Wildman–Crippen MR) is 58.8 cm³/mol. The molecule has 0 aliphatic heterocycles. The van der Waals surface area contributed by atoms with Crippen LogP contribution in [0.1, 0.15) is 20.3 Å². The number of aliphatic hydroxyl groups is 2. The van der Waals surface area contributed by atoms with Crippen LogP contribution in [-0.2, 0) is 9.53 Å². The van der Waals surface area contributed by atoms with Gasteiger partial charge in [0.05, 0.1) is 18.8 Å². The summed E-state index contributed by atoms with van der Waals surface area (Å²) in [6.45, 7) is 3.98. The summed E-state index contributed by atoms with van der Waals surface area (Å²) in [5.74, 6) is -0.336. The second-order valence-corrected chi connectivity index (χ2v) is 4.70. The number of carbonyl (C=O) groups excluding carboxylic acids is 1. The second-order valence-electron chi connectivity index (χ2n) is 4.70. The van der Waals surface area contributed by atoms with Gasteiger partial charge in [-0.05, 0) is 6.42 Å². The smallest absolute Gasteiger partial charge is 0.222 e. The minimum absolute atomic E-state index is 0.102. The molecule has 1 aliphatic rings. The maximum Gasteiger partial charge on any atom is 0.222 e. The molecule has 0 bridgehead atoms. The first-order valence-electron chi connectivity index (χ1n) is 5.62. The lowest BCUT2D eigenvalue weighted by Crippen LogP contribution is -2.44. The van der Waals surface area contributed by atoms with Gasteiger partial charge >= 0.3 is 0 Å². The Morgan fingerprint density at radius 2 is 2.06 bits per heavy atom. The van der Waals surface area contributed by atoms with Crippen molar-refractivity contribution in [3.05, 3.63) is 0 Å². The number of carbonyl (C=O) groups is 1. The van der Waals surface area contributed by atoms with Crippen molar-refractivity contribution in [2.45, 2.75) is 38.5 Å². The fourth-order valence-electron chi connectivity index (χ4n) is 2.00. The van der Waals surface area contributed by atoms with Crippen LogP contribution < -0.4 is 5.32 Å². The Morgan fingerprint density at radius 1 is 1.44 bits per heavy atom. The number of hydrogen-bond donors (Lipinski definition) is 3. The molecule has 0 heterocycles. The highest BCUT2D eigenvalue weighted by atomic mass is 16.5. The summed E-state index contributed by atoms with van der Waals surface area (Å²) in [5, 5.41) is 22.2. The first-order valence-corrected chi connectivity index (χ1v) is 5.62. The minimum atomic E-state index is -0.900. The highest BCUT2D eigenvalue weighted by Gasteiger charge is 2.42. The lowest BCUT2D eigenvalue weighted by Gasteiger charge is -2.19. The molecule has 3 N–H and O–H groups in total. The average Bonchev–Trinajstić information content (AvgIpc) is 2.47. The first kappa shape index (κ1) is 13.4. The van der Waals surface area contributed by atoms with Crippen LogP contribution in [0.2, 0.25) is 0 Å².